The van der Waals surface area contributed by atoms with Gasteiger partial charge in [-0.3, -0.25) is 9.78 Å². The van der Waals surface area contributed by atoms with Gasteiger partial charge >= 0.3 is 6.18 Å². The third-order valence-corrected chi connectivity index (χ3v) is 5.23. The molecule has 3 heterocycles. The molecule has 0 amide bonds. The van der Waals surface area contributed by atoms with Crippen molar-refractivity contribution in [2.24, 2.45) is 7.05 Å². The number of halogens is 3. The van der Waals surface area contributed by atoms with E-state index < -0.39 is 11.9 Å². The van der Waals surface area contributed by atoms with Gasteiger partial charge in [-0.2, -0.15) is 22.8 Å². The van der Waals surface area contributed by atoms with Crippen LogP contribution in [0.25, 0.3) is 28.0 Å². The molecule has 0 N–H and O–H groups in total. The van der Waals surface area contributed by atoms with E-state index in [0.29, 0.717) is 28.2 Å². The summed E-state index contributed by atoms with van der Waals surface area (Å²) in [5.41, 5.74) is 4.08. The first-order valence-corrected chi connectivity index (χ1v) is 9.29. The number of benzene rings is 1. The molecule has 0 aliphatic carbocycles. The van der Waals surface area contributed by atoms with Crippen molar-refractivity contribution in [2.75, 3.05) is 0 Å². The topological polar surface area (TPSA) is 52.2 Å². The molecule has 0 radical (unpaired) electrons. The number of aryl methyl sites for hydroxylation is 3. The van der Waals surface area contributed by atoms with Crippen LogP contribution in [0.5, 0.6) is 0 Å². The molecular formula is C22H19F3N4O. The summed E-state index contributed by atoms with van der Waals surface area (Å²) < 4.78 is 41.8. The van der Waals surface area contributed by atoms with Crippen LogP contribution in [-0.4, -0.2) is 19.2 Å². The average molecular weight is 412 g/mol. The standard InChI is InChI=1S/C22H19F3N4O/c1-12-5-7-15(8-6-12)18-14(3)27-29-20(18)28(4)19(13(2)21(29)30)16-9-10-17(26-11-16)22(23,24)25/h5-11H,1-4H3. The molecule has 4 rings (SSSR count). The lowest BCUT2D eigenvalue weighted by atomic mass is 10.0. The van der Waals surface area contributed by atoms with E-state index in [0.717, 1.165) is 29.0 Å². The van der Waals surface area contributed by atoms with Crippen LogP contribution < -0.4 is 5.56 Å². The van der Waals surface area contributed by atoms with Gasteiger partial charge in [0, 0.05) is 29.9 Å². The Bertz CT molecular complexity index is 1310. The van der Waals surface area contributed by atoms with Crippen LogP contribution >= 0.6 is 0 Å². The van der Waals surface area contributed by atoms with E-state index in [1.807, 2.05) is 38.1 Å². The highest BCUT2D eigenvalue weighted by atomic mass is 19.4. The summed E-state index contributed by atoms with van der Waals surface area (Å²) in [6, 6.07) is 10.1. The van der Waals surface area contributed by atoms with E-state index in [2.05, 4.69) is 10.1 Å². The maximum absolute atomic E-state index is 13.0. The first kappa shape index (κ1) is 19.9. The van der Waals surface area contributed by atoms with Gasteiger partial charge < -0.3 is 4.57 Å². The molecule has 0 saturated carbocycles. The summed E-state index contributed by atoms with van der Waals surface area (Å²) in [7, 11) is 1.77. The first-order chi connectivity index (χ1) is 14.1. The third-order valence-electron chi connectivity index (χ3n) is 5.23. The Balaban J connectivity index is 2.01. The summed E-state index contributed by atoms with van der Waals surface area (Å²) >= 11 is 0. The van der Waals surface area contributed by atoms with Gasteiger partial charge in [-0.25, -0.2) is 0 Å². The highest BCUT2D eigenvalue weighted by Gasteiger charge is 2.32. The minimum atomic E-state index is -4.52. The van der Waals surface area contributed by atoms with Gasteiger partial charge in [0.1, 0.15) is 11.3 Å². The molecule has 30 heavy (non-hydrogen) atoms. The second kappa shape index (κ2) is 6.83. The zero-order valence-corrected chi connectivity index (χ0v) is 16.9. The lowest BCUT2D eigenvalue weighted by Crippen LogP contribution is -2.22. The summed E-state index contributed by atoms with van der Waals surface area (Å²) in [5.74, 6) is 0. The fraction of sp³-hybridized carbons (Fsp3) is 0.227. The predicted octanol–water partition coefficient (Wildman–Crippen LogP) is 4.71. The maximum atomic E-state index is 13.0. The van der Waals surface area contributed by atoms with Crippen LogP contribution in [0.2, 0.25) is 0 Å². The van der Waals surface area contributed by atoms with E-state index in [4.69, 9.17) is 0 Å². The lowest BCUT2D eigenvalue weighted by Gasteiger charge is -2.16. The van der Waals surface area contributed by atoms with Gasteiger partial charge in [0.15, 0.2) is 0 Å². The quantitative estimate of drug-likeness (QED) is 0.479. The smallest absolute Gasteiger partial charge is 0.328 e. The number of nitrogens with zero attached hydrogens (tertiary/aromatic N) is 4. The molecule has 4 aromatic rings. The largest absolute Gasteiger partial charge is 0.433 e. The predicted molar refractivity (Wildman–Crippen MR) is 108 cm³/mol. The molecule has 0 saturated heterocycles. The Morgan fingerprint density at radius 1 is 0.933 bits per heavy atom. The summed E-state index contributed by atoms with van der Waals surface area (Å²) in [5, 5.41) is 4.43. The first-order valence-electron chi connectivity index (χ1n) is 9.29. The fourth-order valence-corrected chi connectivity index (χ4v) is 3.75. The number of hydrogen-bond acceptors (Lipinski definition) is 3. The molecule has 0 unspecified atom stereocenters. The van der Waals surface area contributed by atoms with Crippen LogP contribution in [0.1, 0.15) is 22.5 Å². The van der Waals surface area contributed by atoms with Gasteiger partial charge in [0.25, 0.3) is 5.56 Å². The molecule has 5 nitrogen and oxygen atoms in total. The number of alkyl halides is 3. The number of rotatable bonds is 2. The van der Waals surface area contributed by atoms with Crippen molar-refractivity contribution in [3.8, 4) is 22.4 Å². The molecule has 3 aromatic heterocycles. The highest BCUT2D eigenvalue weighted by Crippen LogP contribution is 2.32. The molecule has 0 spiro atoms. The second-order valence-electron chi connectivity index (χ2n) is 7.33. The van der Waals surface area contributed by atoms with Crippen molar-refractivity contribution in [2.45, 2.75) is 26.9 Å². The van der Waals surface area contributed by atoms with Crippen molar-refractivity contribution in [1.29, 1.82) is 0 Å². The maximum Gasteiger partial charge on any atom is 0.433 e. The summed E-state index contributed by atoms with van der Waals surface area (Å²) in [6.45, 7) is 5.45. The molecule has 0 fully saturated rings. The number of hydrogen-bond donors (Lipinski definition) is 0. The monoisotopic (exact) mass is 412 g/mol. The number of fused-ring (bicyclic) bond motifs is 1. The van der Waals surface area contributed by atoms with Crippen LogP contribution in [0.4, 0.5) is 13.2 Å². The van der Waals surface area contributed by atoms with Crippen LogP contribution in [0.15, 0.2) is 47.4 Å². The molecule has 0 aliphatic heterocycles. The second-order valence-corrected chi connectivity index (χ2v) is 7.33. The number of aromatic nitrogens is 4. The van der Waals surface area contributed by atoms with E-state index in [9.17, 15) is 18.0 Å². The molecule has 0 aliphatic rings. The minimum Gasteiger partial charge on any atom is -0.328 e. The van der Waals surface area contributed by atoms with Gasteiger partial charge in [0.05, 0.1) is 11.4 Å². The van der Waals surface area contributed by atoms with E-state index >= 15 is 0 Å². The van der Waals surface area contributed by atoms with Gasteiger partial charge in [0.2, 0.25) is 0 Å². The fourth-order valence-electron chi connectivity index (χ4n) is 3.75. The van der Waals surface area contributed by atoms with Crippen LogP contribution in [-0.2, 0) is 13.2 Å². The van der Waals surface area contributed by atoms with Gasteiger partial charge in [-0.15, -0.1) is 0 Å². The normalized spacial score (nSPS) is 12.0. The van der Waals surface area contributed by atoms with Crippen molar-refractivity contribution < 1.29 is 13.2 Å². The Morgan fingerprint density at radius 2 is 1.57 bits per heavy atom. The average Bonchev–Trinajstić information content (AvgIpc) is 3.04. The van der Waals surface area contributed by atoms with Crippen molar-refractivity contribution in [3.05, 3.63) is 75.5 Å². The third kappa shape index (κ3) is 3.08. The molecule has 154 valence electrons. The van der Waals surface area contributed by atoms with Gasteiger partial charge in [-0.05, 0) is 38.5 Å². The Labute approximate surface area is 170 Å². The lowest BCUT2D eigenvalue weighted by molar-refractivity contribution is -0.141. The molecular weight excluding hydrogens is 393 g/mol. The van der Waals surface area contributed by atoms with E-state index in [1.165, 1.54) is 10.6 Å². The molecule has 0 atom stereocenters. The van der Waals surface area contributed by atoms with Crippen molar-refractivity contribution >= 4 is 5.65 Å². The van der Waals surface area contributed by atoms with Crippen LogP contribution in [0.3, 0.4) is 0 Å². The summed E-state index contributed by atoms with van der Waals surface area (Å²) in [6.07, 6.45) is -3.37. The Hall–Kier alpha value is -3.42. The Kier molecular flexibility index (Phi) is 4.52. The van der Waals surface area contributed by atoms with E-state index in [1.54, 1.807) is 18.5 Å². The van der Waals surface area contributed by atoms with E-state index in [-0.39, 0.29) is 5.56 Å². The minimum absolute atomic E-state index is 0.320. The SMILES string of the molecule is Cc1ccc(-c2c(C)nn3c(=O)c(C)c(-c4ccc(C(F)(F)F)nc4)n(C)c23)cc1. The molecule has 8 heteroatoms. The molecule has 1 aromatic carbocycles. The number of pyridine rings is 1. The molecule has 0 bridgehead atoms. The summed E-state index contributed by atoms with van der Waals surface area (Å²) in [4.78, 5) is 16.6. The van der Waals surface area contributed by atoms with Crippen molar-refractivity contribution in [1.82, 2.24) is 19.2 Å². The Morgan fingerprint density at radius 3 is 2.13 bits per heavy atom. The highest BCUT2D eigenvalue weighted by molar-refractivity contribution is 5.82. The van der Waals surface area contributed by atoms with Crippen molar-refractivity contribution in [3.63, 3.8) is 0 Å². The zero-order valence-electron chi connectivity index (χ0n) is 16.9. The van der Waals surface area contributed by atoms with Gasteiger partial charge in [-0.1, -0.05) is 29.8 Å². The van der Waals surface area contributed by atoms with Crippen LogP contribution in [0, 0.1) is 20.8 Å². The zero-order chi connectivity index (χ0) is 21.8.